The van der Waals surface area contributed by atoms with Gasteiger partial charge < -0.3 is 15.8 Å². The van der Waals surface area contributed by atoms with E-state index < -0.39 is 12.5 Å². The van der Waals surface area contributed by atoms with E-state index in [-0.39, 0.29) is 12.6 Å². The minimum atomic E-state index is -2.84. The van der Waals surface area contributed by atoms with Gasteiger partial charge in [-0.1, -0.05) is 12.1 Å². The number of nitrogen functional groups attached to an aromatic ring is 1. The molecule has 0 aliphatic carbocycles. The number of hydrogen-bond donors (Lipinski definition) is 2. The summed E-state index contributed by atoms with van der Waals surface area (Å²) in [7, 11) is 1.27. The van der Waals surface area contributed by atoms with Crippen LogP contribution in [-0.4, -0.2) is 32.2 Å². The van der Waals surface area contributed by atoms with Crippen LogP contribution in [0.1, 0.15) is 18.1 Å². The molecule has 0 radical (unpaired) electrons. The third-order valence-electron chi connectivity index (χ3n) is 3.08. The van der Waals surface area contributed by atoms with E-state index in [4.69, 9.17) is 5.73 Å². The van der Waals surface area contributed by atoms with Crippen molar-refractivity contribution in [1.29, 1.82) is 0 Å². The van der Waals surface area contributed by atoms with Crippen LogP contribution in [-0.2, 0) is 11.2 Å². The Labute approximate surface area is 113 Å². The number of hydrogen-bond acceptors (Lipinski definition) is 3. The second-order valence-electron chi connectivity index (χ2n) is 4.91. The summed E-state index contributed by atoms with van der Waals surface area (Å²) in [5.41, 5.74) is 8.65. The first kappa shape index (κ1) is 15.9. The number of alkyl halides is 2. The van der Waals surface area contributed by atoms with Crippen LogP contribution in [0.2, 0.25) is 0 Å². The number of nitrogens with two attached hydrogens (primary N) is 1. The first-order valence-corrected chi connectivity index (χ1v) is 6.30. The van der Waals surface area contributed by atoms with Crippen molar-refractivity contribution in [2.24, 2.45) is 0 Å². The van der Waals surface area contributed by atoms with Crippen molar-refractivity contribution >= 4 is 5.69 Å². The highest BCUT2D eigenvalue weighted by Gasteiger charge is 2.28. The average molecular weight is 272 g/mol. The quantitative estimate of drug-likeness (QED) is 0.749. The van der Waals surface area contributed by atoms with Gasteiger partial charge in [0.25, 0.3) is 5.92 Å². The molecule has 1 aromatic carbocycles. The van der Waals surface area contributed by atoms with Crippen molar-refractivity contribution in [3.8, 4) is 0 Å². The van der Waals surface area contributed by atoms with E-state index in [2.05, 4.69) is 10.1 Å². The highest BCUT2D eigenvalue weighted by atomic mass is 19.3. The number of halogens is 2. The second kappa shape index (κ2) is 6.82. The van der Waals surface area contributed by atoms with E-state index in [0.29, 0.717) is 6.42 Å². The van der Waals surface area contributed by atoms with Gasteiger partial charge in [-0.05, 0) is 37.5 Å². The molecule has 0 fully saturated rings. The molecule has 0 saturated heterocycles. The summed E-state index contributed by atoms with van der Waals surface area (Å²) in [5.74, 6) is -2.84. The molecule has 1 aromatic rings. The van der Waals surface area contributed by atoms with Gasteiger partial charge in [0.2, 0.25) is 0 Å². The molecule has 0 heterocycles. The van der Waals surface area contributed by atoms with Crippen molar-refractivity contribution in [3.63, 3.8) is 0 Å². The molecule has 108 valence electrons. The lowest BCUT2D eigenvalue weighted by atomic mass is 10.0. The molecule has 5 heteroatoms. The predicted octanol–water partition coefficient (Wildman–Crippen LogP) is 2.38. The molecule has 3 nitrogen and oxygen atoms in total. The van der Waals surface area contributed by atoms with E-state index in [1.54, 1.807) is 0 Å². The SMILES string of the molecule is COCC(F)(F)CN[C@H](C)Cc1cccc(N)c1C. The summed E-state index contributed by atoms with van der Waals surface area (Å²) in [6.45, 7) is 2.87. The Bertz CT molecular complexity index is 410. The zero-order chi connectivity index (χ0) is 14.5. The van der Waals surface area contributed by atoms with Gasteiger partial charge in [0, 0.05) is 18.8 Å². The summed E-state index contributed by atoms with van der Waals surface area (Å²) in [4.78, 5) is 0. The highest BCUT2D eigenvalue weighted by Crippen LogP contribution is 2.17. The summed E-state index contributed by atoms with van der Waals surface area (Å²) < 4.78 is 31.0. The van der Waals surface area contributed by atoms with E-state index in [0.717, 1.165) is 16.8 Å². The van der Waals surface area contributed by atoms with Crippen molar-refractivity contribution in [2.45, 2.75) is 32.2 Å². The van der Waals surface area contributed by atoms with Crippen LogP contribution in [0, 0.1) is 6.92 Å². The lowest BCUT2D eigenvalue weighted by Crippen LogP contribution is -2.41. The molecule has 1 rings (SSSR count). The first-order chi connectivity index (χ1) is 8.85. The smallest absolute Gasteiger partial charge is 0.283 e. The van der Waals surface area contributed by atoms with E-state index in [1.165, 1.54) is 7.11 Å². The molecule has 0 saturated carbocycles. The van der Waals surface area contributed by atoms with Gasteiger partial charge in [0.15, 0.2) is 0 Å². The van der Waals surface area contributed by atoms with Gasteiger partial charge in [0.05, 0.1) is 6.54 Å². The van der Waals surface area contributed by atoms with E-state index in [1.807, 2.05) is 32.0 Å². The Morgan fingerprint density at radius 1 is 1.42 bits per heavy atom. The normalized spacial score (nSPS) is 13.5. The summed E-state index contributed by atoms with van der Waals surface area (Å²) in [6.07, 6.45) is 0.667. The Kier molecular flexibility index (Phi) is 5.69. The van der Waals surface area contributed by atoms with Gasteiger partial charge in [-0.2, -0.15) is 0 Å². The largest absolute Gasteiger partial charge is 0.399 e. The number of methoxy groups -OCH3 is 1. The number of anilines is 1. The molecule has 19 heavy (non-hydrogen) atoms. The van der Waals surface area contributed by atoms with Crippen molar-refractivity contribution in [2.75, 3.05) is 26.0 Å². The molecule has 0 aliphatic rings. The standard InChI is InChI=1S/C14H22F2N2O/c1-10(18-8-14(15,16)9-19-3)7-12-5-4-6-13(17)11(12)2/h4-6,10,18H,7-9,17H2,1-3H3/t10-/m1/s1. The van der Waals surface area contributed by atoms with Crippen LogP contribution in [0.15, 0.2) is 18.2 Å². The van der Waals surface area contributed by atoms with Crippen LogP contribution in [0.3, 0.4) is 0 Å². The van der Waals surface area contributed by atoms with Gasteiger partial charge in [-0.3, -0.25) is 0 Å². The van der Waals surface area contributed by atoms with Gasteiger partial charge >= 0.3 is 0 Å². The fourth-order valence-corrected chi connectivity index (χ4v) is 1.91. The van der Waals surface area contributed by atoms with Gasteiger partial charge in [-0.15, -0.1) is 0 Å². The summed E-state index contributed by atoms with van der Waals surface area (Å²) >= 11 is 0. The van der Waals surface area contributed by atoms with Crippen molar-refractivity contribution in [1.82, 2.24) is 5.32 Å². The Hall–Kier alpha value is -1.20. The molecule has 3 N–H and O–H groups in total. The van der Waals surface area contributed by atoms with Crippen LogP contribution >= 0.6 is 0 Å². The monoisotopic (exact) mass is 272 g/mol. The average Bonchev–Trinajstić information content (AvgIpc) is 2.33. The van der Waals surface area contributed by atoms with Gasteiger partial charge in [-0.25, -0.2) is 8.78 Å². The maximum atomic E-state index is 13.3. The predicted molar refractivity (Wildman–Crippen MR) is 73.6 cm³/mol. The van der Waals surface area contributed by atoms with E-state index in [9.17, 15) is 8.78 Å². The number of rotatable bonds is 7. The molecule has 0 amide bonds. The molecule has 0 unspecified atom stereocenters. The number of ether oxygens (including phenoxy) is 1. The maximum absolute atomic E-state index is 13.3. The Morgan fingerprint density at radius 3 is 2.74 bits per heavy atom. The number of nitrogens with one attached hydrogen (secondary N) is 1. The zero-order valence-electron chi connectivity index (χ0n) is 11.7. The summed E-state index contributed by atoms with van der Waals surface area (Å²) in [5, 5.41) is 2.83. The molecular formula is C14H22F2N2O. The number of benzene rings is 1. The van der Waals surface area contributed by atoms with Crippen LogP contribution in [0.25, 0.3) is 0 Å². The molecule has 0 aromatic heterocycles. The summed E-state index contributed by atoms with van der Waals surface area (Å²) in [6, 6.07) is 5.63. The fraction of sp³-hybridized carbons (Fsp3) is 0.571. The minimum absolute atomic E-state index is 0.0526. The lowest BCUT2D eigenvalue weighted by Gasteiger charge is -2.20. The molecule has 0 aliphatic heterocycles. The molecule has 1 atom stereocenters. The maximum Gasteiger partial charge on any atom is 0.283 e. The third kappa shape index (κ3) is 5.12. The van der Waals surface area contributed by atoms with Crippen LogP contribution < -0.4 is 11.1 Å². The Morgan fingerprint density at radius 2 is 2.11 bits per heavy atom. The second-order valence-corrected chi connectivity index (χ2v) is 4.91. The first-order valence-electron chi connectivity index (χ1n) is 6.30. The highest BCUT2D eigenvalue weighted by molar-refractivity contribution is 5.50. The van der Waals surface area contributed by atoms with Crippen LogP contribution in [0.4, 0.5) is 14.5 Å². The minimum Gasteiger partial charge on any atom is -0.399 e. The molecule has 0 bridgehead atoms. The van der Waals surface area contributed by atoms with Gasteiger partial charge in [0.1, 0.15) is 6.61 Å². The fourth-order valence-electron chi connectivity index (χ4n) is 1.91. The van der Waals surface area contributed by atoms with E-state index >= 15 is 0 Å². The van der Waals surface area contributed by atoms with Crippen molar-refractivity contribution in [3.05, 3.63) is 29.3 Å². The molecular weight excluding hydrogens is 250 g/mol. The Balaban J connectivity index is 2.51. The van der Waals surface area contributed by atoms with Crippen LogP contribution in [0.5, 0.6) is 0 Å². The molecule has 0 spiro atoms. The third-order valence-corrected chi connectivity index (χ3v) is 3.08. The lowest BCUT2D eigenvalue weighted by molar-refractivity contribution is -0.0629. The zero-order valence-corrected chi connectivity index (χ0v) is 11.7. The van der Waals surface area contributed by atoms with Crippen molar-refractivity contribution < 1.29 is 13.5 Å². The topological polar surface area (TPSA) is 47.3 Å².